The summed E-state index contributed by atoms with van der Waals surface area (Å²) >= 11 is 9.95. The molecule has 0 atom stereocenters. The van der Waals surface area contributed by atoms with Crippen LogP contribution in [0.3, 0.4) is 0 Å². The molecule has 0 radical (unpaired) electrons. The number of benzene rings is 1. The lowest BCUT2D eigenvalue weighted by Gasteiger charge is -2.39. The molecule has 0 unspecified atom stereocenters. The molecule has 1 aromatic carbocycles. The lowest BCUT2D eigenvalue weighted by Crippen LogP contribution is -2.31. The van der Waals surface area contributed by atoms with Crippen molar-refractivity contribution in [3.05, 3.63) is 34.6 Å². The predicted octanol–water partition coefficient (Wildman–Crippen LogP) is 6.78. The minimum absolute atomic E-state index is 0.184. The van der Waals surface area contributed by atoms with Crippen LogP contribution in [-0.2, 0) is 6.42 Å². The zero-order chi connectivity index (χ0) is 15.3. The first kappa shape index (κ1) is 17.3. The molecule has 0 amide bonds. The Labute approximate surface area is 141 Å². The van der Waals surface area contributed by atoms with Crippen molar-refractivity contribution in [2.24, 2.45) is 11.3 Å². The zero-order valence-corrected chi connectivity index (χ0v) is 15.1. The van der Waals surface area contributed by atoms with E-state index < -0.39 is 0 Å². The van der Waals surface area contributed by atoms with Crippen molar-refractivity contribution < 1.29 is 4.39 Å². The summed E-state index contributed by atoms with van der Waals surface area (Å²) in [6.45, 7) is 2.26. The minimum Gasteiger partial charge on any atom is -0.207 e. The molecule has 3 heteroatoms. The van der Waals surface area contributed by atoms with E-state index in [0.717, 1.165) is 23.2 Å². The Morgan fingerprint density at radius 1 is 1.33 bits per heavy atom. The smallest absolute Gasteiger partial charge is 0.123 e. The van der Waals surface area contributed by atoms with E-state index in [1.165, 1.54) is 51.0 Å². The first-order valence-electron chi connectivity index (χ1n) is 8.08. The first-order chi connectivity index (χ1) is 10.1. The number of alkyl halides is 1. The average molecular weight is 376 g/mol. The van der Waals surface area contributed by atoms with Crippen molar-refractivity contribution in [1.29, 1.82) is 0 Å². The fraction of sp³-hybridized carbons (Fsp3) is 0.667. The maximum atomic E-state index is 13.5. The molecule has 0 nitrogen and oxygen atoms in total. The average Bonchev–Trinajstić information content (AvgIpc) is 2.50. The predicted molar refractivity (Wildman–Crippen MR) is 92.8 cm³/mol. The Bertz CT molecular complexity index is 453. The largest absolute Gasteiger partial charge is 0.207 e. The highest BCUT2D eigenvalue weighted by molar-refractivity contribution is 9.09. The molecule has 1 aromatic rings. The molecule has 1 fully saturated rings. The molecule has 0 N–H and O–H groups in total. The summed E-state index contributed by atoms with van der Waals surface area (Å²) < 4.78 is 13.5. The van der Waals surface area contributed by atoms with Gasteiger partial charge >= 0.3 is 0 Å². The van der Waals surface area contributed by atoms with Crippen molar-refractivity contribution in [1.82, 2.24) is 0 Å². The van der Waals surface area contributed by atoms with Crippen LogP contribution in [0.4, 0.5) is 4.39 Å². The van der Waals surface area contributed by atoms with Crippen molar-refractivity contribution in [2.45, 2.75) is 58.3 Å². The number of halogens is 3. The van der Waals surface area contributed by atoms with Gasteiger partial charge in [0.15, 0.2) is 0 Å². The van der Waals surface area contributed by atoms with Crippen LogP contribution < -0.4 is 0 Å². The first-order valence-corrected chi connectivity index (χ1v) is 9.58. The van der Waals surface area contributed by atoms with Gasteiger partial charge in [-0.2, -0.15) is 0 Å². The van der Waals surface area contributed by atoms with Gasteiger partial charge in [0.05, 0.1) is 0 Å². The van der Waals surface area contributed by atoms with Crippen LogP contribution in [0.1, 0.15) is 57.4 Å². The van der Waals surface area contributed by atoms with E-state index in [4.69, 9.17) is 11.6 Å². The summed E-state index contributed by atoms with van der Waals surface area (Å²) in [7, 11) is 0. The fourth-order valence-electron chi connectivity index (χ4n) is 3.51. The van der Waals surface area contributed by atoms with Gasteiger partial charge in [0, 0.05) is 10.4 Å². The Balaban J connectivity index is 2.01. The maximum absolute atomic E-state index is 13.5. The number of unbranched alkanes of at least 4 members (excludes halogenated alkanes) is 1. The Kier molecular flexibility index (Phi) is 6.55. The van der Waals surface area contributed by atoms with Gasteiger partial charge in [-0.3, -0.25) is 0 Å². The molecule has 1 aliphatic carbocycles. The Morgan fingerprint density at radius 3 is 2.67 bits per heavy atom. The SMILES string of the molecule is CCCCC1CCC(CBr)(Cc2cc(F)ccc2Cl)CC1. The molecule has 0 saturated heterocycles. The number of rotatable bonds is 6. The summed E-state index contributed by atoms with van der Waals surface area (Å²) in [5, 5.41) is 1.68. The van der Waals surface area contributed by atoms with Gasteiger partial charge in [0.2, 0.25) is 0 Å². The Hall–Kier alpha value is -0.0800. The monoisotopic (exact) mass is 374 g/mol. The second kappa shape index (κ2) is 7.97. The third-order valence-corrected chi connectivity index (χ3v) is 6.55. The van der Waals surface area contributed by atoms with Crippen LogP contribution in [-0.4, -0.2) is 5.33 Å². The molecular formula is C18H25BrClF. The number of hydrogen-bond acceptors (Lipinski definition) is 0. The van der Waals surface area contributed by atoms with E-state index >= 15 is 0 Å². The van der Waals surface area contributed by atoms with Gasteiger partial charge in [0.1, 0.15) is 5.82 Å². The minimum atomic E-state index is -0.184. The summed E-state index contributed by atoms with van der Waals surface area (Å²) in [5.74, 6) is 0.705. The van der Waals surface area contributed by atoms with Gasteiger partial charge in [0.25, 0.3) is 0 Å². The molecule has 0 aliphatic heterocycles. The van der Waals surface area contributed by atoms with Crippen molar-refractivity contribution in [2.75, 3.05) is 5.33 Å². The van der Waals surface area contributed by atoms with Crippen LogP contribution in [0.5, 0.6) is 0 Å². The molecule has 1 saturated carbocycles. The fourth-order valence-corrected chi connectivity index (χ4v) is 4.46. The van der Waals surface area contributed by atoms with E-state index in [2.05, 4.69) is 22.9 Å². The third-order valence-electron chi connectivity index (χ3n) is 4.99. The van der Waals surface area contributed by atoms with Crippen LogP contribution in [0.15, 0.2) is 18.2 Å². The quantitative estimate of drug-likeness (QED) is 0.480. The Morgan fingerprint density at radius 2 is 2.05 bits per heavy atom. The van der Waals surface area contributed by atoms with E-state index in [0.29, 0.717) is 5.02 Å². The highest BCUT2D eigenvalue weighted by Gasteiger charge is 2.34. The molecule has 1 aliphatic rings. The van der Waals surface area contributed by atoms with Crippen LogP contribution in [0.25, 0.3) is 0 Å². The van der Waals surface area contributed by atoms with Crippen LogP contribution in [0, 0.1) is 17.2 Å². The summed E-state index contributed by atoms with van der Waals surface area (Å²) in [6, 6.07) is 4.73. The molecular weight excluding hydrogens is 351 g/mol. The van der Waals surface area contributed by atoms with E-state index in [9.17, 15) is 4.39 Å². The second-order valence-corrected chi connectivity index (χ2v) is 7.60. The summed E-state index contributed by atoms with van der Waals surface area (Å²) in [4.78, 5) is 0. The zero-order valence-electron chi connectivity index (χ0n) is 12.8. The van der Waals surface area contributed by atoms with E-state index in [1.807, 2.05) is 0 Å². The van der Waals surface area contributed by atoms with Crippen LogP contribution >= 0.6 is 27.5 Å². The molecule has 21 heavy (non-hydrogen) atoms. The highest BCUT2D eigenvalue weighted by atomic mass is 79.9. The summed E-state index contributed by atoms with van der Waals surface area (Å²) in [5.41, 5.74) is 1.21. The van der Waals surface area contributed by atoms with Gasteiger partial charge in [-0.05, 0) is 67.2 Å². The number of hydrogen-bond donors (Lipinski definition) is 0. The van der Waals surface area contributed by atoms with Gasteiger partial charge in [-0.15, -0.1) is 0 Å². The van der Waals surface area contributed by atoms with Crippen molar-refractivity contribution >= 4 is 27.5 Å². The lowest BCUT2D eigenvalue weighted by atomic mass is 9.68. The molecule has 2 rings (SSSR count). The summed E-state index contributed by atoms with van der Waals surface area (Å²) in [6.07, 6.45) is 9.95. The van der Waals surface area contributed by atoms with Crippen LogP contribution in [0.2, 0.25) is 5.02 Å². The van der Waals surface area contributed by atoms with Crippen molar-refractivity contribution in [3.8, 4) is 0 Å². The van der Waals surface area contributed by atoms with E-state index in [1.54, 1.807) is 12.1 Å². The third kappa shape index (κ3) is 4.69. The van der Waals surface area contributed by atoms with Gasteiger partial charge < -0.3 is 0 Å². The maximum Gasteiger partial charge on any atom is 0.123 e. The van der Waals surface area contributed by atoms with Gasteiger partial charge in [-0.1, -0.05) is 53.7 Å². The molecule has 0 aromatic heterocycles. The molecule has 0 heterocycles. The topological polar surface area (TPSA) is 0 Å². The normalized spacial score (nSPS) is 26.0. The molecule has 0 bridgehead atoms. The molecule has 0 spiro atoms. The van der Waals surface area contributed by atoms with Crippen molar-refractivity contribution in [3.63, 3.8) is 0 Å². The van der Waals surface area contributed by atoms with Gasteiger partial charge in [-0.25, -0.2) is 4.39 Å². The molecule has 118 valence electrons. The standard InChI is InChI=1S/C18H25BrClF/c1-2-3-4-14-7-9-18(13-19,10-8-14)12-15-11-16(21)5-6-17(15)20/h5-6,11,14H,2-4,7-10,12-13H2,1H3. The highest BCUT2D eigenvalue weighted by Crippen LogP contribution is 2.44. The van der Waals surface area contributed by atoms with E-state index in [-0.39, 0.29) is 11.2 Å². The lowest BCUT2D eigenvalue weighted by molar-refractivity contribution is 0.168. The second-order valence-electron chi connectivity index (χ2n) is 6.63.